The minimum atomic E-state index is 0.646. The van der Waals surface area contributed by atoms with Crippen molar-refractivity contribution in [2.24, 2.45) is 5.73 Å². The van der Waals surface area contributed by atoms with Gasteiger partial charge in [0.05, 0.1) is 10.7 Å². The minimum Gasteiger partial charge on any atom is -0.330 e. The highest BCUT2D eigenvalue weighted by Crippen LogP contribution is 2.29. The molecule has 0 aliphatic rings. The molecule has 0 bridgehead atoms. The van der Waals surface area contributed by atoms with Crippen molar-refractivity contribution in [2.45, 2.75) is 20.3 Å². The van der Waals surface area contributed by atoms with Gasteiger partial charge in [-0.1, -0.05) is 23.2 Å². The molecule has 0 spiro atoms. The molecule has 0 saturated carbocycles. The van der Waals surface area contributed by atoms with E-state index in [4.69, 9.17) is 28.9 Å². The average Bonchev–Trinajstić information content (AvgIpc) is 2.59. The van der Waals surface area contributed by atoms with Gasteiger partial charge in [-0.25, -0.2) is 0 Å². The summed E-state index contributed by atoms with van der Waals surface area (Å²) in [7, 11) is 0. The Morgan fingerprint density at radius 2 is 1.89 bits per heavy atom. The maximum Gasteiger partial charge on any atom is 0.0656 e. The number of rotatable bonds is 3. The van der Waals surface area contributed by atoms with Crippen LogP contribution in [0.15, 0.2) is 24.3 Å². The lowest BCUT2D eigenvalue weighted by Crippen LogP contribution is -2.05. The maximum atomic E-state index is 6.26. The van der Waals surface area contributed by atoms with E-state index in [2.05, 4.69) is 24.5 Å². The molecule has 2 rings (SSSR count). The molecule has 1 aromatic heterocycles. The van der Waals surface area contributed by atoms with E-state index in [9.17, 15) is 0 Å². The molecule has 0 aliphatic heterocycles. The average molecular weight is 283 g/mol. The van der Waals surface area contributed by atoms with Crippen molar-refractivity contribution in [1.29, 1.82) is 0 Å². The van der Waals surface area contributed by atoms with Crippen LogP contribution in [0.3, 0.4) is 0 Å². The summed E-state index contributed by atoms with van der Waals surface area (Å²) >= 11 is 12.3. The van der Waals surface area contributed by atoms with Gasteiger partial charge in [0.2, 0.25) is 0 Å². The first kappa shape index (κ1) is 13.5. The summed E-state index contributed by atoms with van der Waals surface area (Å²) in [6, 6.07) is 7.65. The molecular weight excluding hydrogens is 267 g/mol. The van der Waals surface area contributed by atoms with Crippen LogP contribution in [0, 0.1) is 13.8 Å². The van der Waals surface area contributed by atoms with Crippen LogP contribution in [-0.2, 0) is 6.42 Å². The van der Waals surface area contributed by atoms with Crippen LogP contribution in [0.5, 0.6) is 0 Å². The maximum absolute atomic E-state index is 6.26. The van der Waals surface area contributed by atoms with Crippen LogP contribution in [0.2, 0.25) is 10.0 Å². The van der Waals surface area contributed by atoms with Crippen molar-refractivity contribution in [1.82, 2.24) is 4.57 Å². The topological polar surface area (TPSA) is 30.9 Å². The van der Waals surface area contributed by atoms with Gasteiger partial charge in [-0.3, -0.25) is 0 Å². The molecule has 0 fully saturated rings. The third kappa shape index (κ3) is 2.41. The van der Waals surface area contributed by atoms with E-state index in [1.807, 2.05) is 12.1 Å². The molecule has 0 atom stereocenters. The van der Waals surface area contributed by atoms with Crippen molar-refractivity contribution in [2.75, 3.05) is 6.54 Å². The van der Waals surface area contributed by atoms with Crippen LogP contribution in [0.1, 0.15) is 17.0 Å². The smallest absolute Gasteiger partial charge is 0.0656 e. The second-order valence-corrected chi connectivity index (χ2v) is 5.21. The third-order valence-corrected chi connectivity index (χ3v) is 3.65. The van der Waals surface area contributed by atoms with E-state index in [0.29, 0.717) is 16.6 Å². The molecule has 4 heteroatoms. The lowest BCUT2D eigenvalue weighted by atomic mass is 10.2. The fourth-order valence-electron chi connectivity index (χ4n) is 2.27. The zero-order chi connectivity index (χ0) is 13.3. The van der Waals surface area contributed by atoms with E-state index in [-0.39, 0.29) is 0 Å². The highest BCUT2D eigenvalue weighted by atomic mass is 35.5. The van der Waals surface area contributed by atoms with Gasteiger partial charge in [-0.15, -0.1) is 0 Å². The molecule has 2 N–H and O–H groups in total. The fourth-order valence-corrected chi connectivity index (χ4v) is 2.63. The molecule has 1 aromatic carbocycles. The summed E-state index contributed by atoms with van der Waals surface area (Å²) < 4.78 is 2.12. The van der Waals surface area contributed by atoms with Crippen LogP contribution >= 0.6 is 23.2 Å². The Balaban J connectivity index is 2.60. The lowest BCUT2D eigenvalue weighted by molar-refractivity contribution is 0.921. The molecule has 0 aliphatic carbocycles. The lowest BCUT2D eigenvalue weighted by Gasteiger charge is -2.12. The molecule has 0 saturated heterocycles. The predicted octanol–water partition coefficient (Wildman–Crippen LogP) is 3.90. The number of nitrogens with zero attached hydrogens (tertiary/aromatic N) is 1. The number of nitrogens with two attached hydrogens (primary N) is 1. The number of halogens is 2. The highest BCUT2D eigenvalue weighted by molar-refractivity contribution is 6.34. The molecule has 18 heavy (non-hydrogen) atoms. The molecule has 0 unspecified atom stereocenters. The molecule has 2 aromatic rings. The summed E-state index contributed by atoms with van der Waals surface area (Å²) in [6.45, 7) is 4.78. The van der Waals surface area contributed by atoms with Crippen molar-refractivity contribution in [3.8, 4) is 5.69 Å². The zero-order valence-electron chi connectivity index (χ0n) is 10.5. The Kier molecular flexibility index (Phi) is 4.00. The summed E-state index contributed by atoms with van der Waals surface area (Å²) in [5.41, 5.74) is 10.1. The summed E-state index contributed by atoms with van der Waals surface area (Å²) in [5.74, 6) is 0. The number of hydrogen-bond acceptors (Lipinski definition) is 1. The quantitative estimate of drug-likeness (QED) is 0.909. The third-order valence-electron chi connectivity index (χ3n) is 3.10. The van der Waals surface area contributed by atoms with Crippen molar-refractivity contribution < 1.29 is 0 Å². The van der Waals surface area contributed by atoms with E-state index < -0.39 is 0 Å². The Hall–Kier alpha value is -0.960. The Labute approximate surface area is 117 Å². The first-order chi connectivity index (χ1) is 8.54. The van der Waals surface area contributed by atoms with Gasteiger partial charge in [-0.2, -0.15) is 0 Å². The Bertz CT molecular complexity index is 573. The number of hydrogen-bond donors (Lipinski definition) is 1. The van der Waals surface area contributed by atoms with Crippen LogP contribution < -0.4 is 5.73 Å². The van der Waals surface area contributed by atoms with Gasteiger partial charge in [0, 0.05) is 16.4 Å². The van der Waals surface area contributed by atoms with Gasteiger partial charge in [0.15, 0.2) is 0 Å². The SMILES string of the molecule is Cc1cc(CCN)c(C)n1-c1cc(Cl)ccc1Cl. The van der Waals surface area contributed by atoms with Gasteiger partial charge in [0.1, 0.15) is 0 Å². The number of aryl methyl sites for hydroxylation is 1. The first-order valence-corrected chi connectivity index (χ1v) is 6.63. The normalized spacial score (nSPS) is 10.9. The van der Waals surface area contributed by atoms with E-state index in [1.54, 1.807) is 6.07 Å². The molecule has 1 heterocycles. The standard InChI is InChI=1S/C14H16Cl2N2/c1-9-7-11(5-6-17)10(2)18(9)14-8-12(15)3-4-13(14)16/h3-4,7-8H,5-6,17H2,1-2H3. The van der Waals surface area contributed by atoms with Gasteiger partial charge >= 0.3 is 0 Å². The molecular formula is C14H16Cl2N2. The predicted molar refractivity (Wildman–Crippen MR) is 78.0 cm³/mol. The van der Waals surface area contributed by atoms with Crippen molar-refractivity contribution in [3.63, 3.8) is 0 Å². The number of benzene rings is 1. The summed E-state index contributed by atoms with van der Waals surface area (Å²) in [6.07, 6.45) is 0.873. The largest absolute Gasteiger partial charge is 0.330 e. The Morgan fingerprint density at radius 1 is 1.17 bits per heavy atom. The highest BCUT2D eigenvalue weighted by Gasteiger charge is 2.12. The summed E-state index contributed by atoms with van der Waals surface area (Å²) in [4.78, 5) is 0. The van der Waals surface area contributed by atoms with Crippen molar-refractivity contribution >= 4 is 23.2 Å². The van der Waals surface area contributed by atoms with Crippen LogP contribution in [-0.4, -0.2) is 11.1 Å². The van der Waals surface area contributed by atoms with E-state index in [0.717, 1.165) is 17.8 Å². The second kappa shape index (κ2) is 5.35. The van der Waals surface area contributed by atoms with Gasteiger partial charge in [-0.05, 0) is 56.6 Å². The van der Waals surface area contributed by atoms with Crippen LogP contribution in [0.4, 0.5) is 0 Å². The van der Waals surface area contributed by atoms with Crippen molar-refractivity contribution in [3.05, 3.63) is 51.3 Å². The van der Waals surface area contributed by atoms with E-state index >= 15 is 0 Å². The molecule has 96 valence electrons. The van der Waals surface area contributed by atoms with Gasteiger partial charge < -0.3 is 10.3 Å². The monoisotopic (exact) mass is 282 g/mol. The first-order valence-electron chi connectivity index (χ1n) is 5.88. The molecule has 2 nitrogen and oxygen atoms in total. The minimum absolute atomic E-state index is 0.646. The molecule has 0 radical (unpaired) electrons. The summed E-state index contributed by atoms with van der Waals surface area (Å²) in [5, 5.41) is 1.38. The van der Waals surface area contributed by atoms with E-state index in [1.165, 1.54) is 11.3 Å². The van der Waals surface area contributed by atoms with Crippen LogP contribution in [0.25, 0.3) is 5.69 Å². The second-order valence-electron chi connectivity index (χ2n) is 4.37. The van der Waals surface area contributed by atoms with Gasteiger partial charge in [0.25, 0.3) is 0 Å². The zero-order valence-corrected chi connectivity index (χ0v) is 12.0. The number of aromatic nitrogens is 1. The Morgan fingerprint density at radius 3 is 2.56 bits per heavy atom. The molecule has 0 amide bonds. The fraction of sp³-hybridized carbons (Fsp3) is 0.286.